The molecule has 1 N–H and O–H groups in total. The monoisotopic (exact) mass is 561 g/mol. The van der Waals surface area contributed by atoms with Crippen molar-refractivity contribution < 1.29 is 18.0 Å². The Kier molecular flexibility index (Phi) is 9.87. The van der Waals surface area contributed by atoms with Gasteiger partial charge in [0.1, 0.15) is 12.6 Å². The average molecular weight is 563 g/mol. The zero-order valence-corrected chi connectivity index (χ0v) is 23.4. The molecule has 0 bridgehead atoms. The molecule has 0 aliphatic rings. The minimum absolute atomic E-state index is 0.00237. The van der Waals surface area contributed by atoms with Gasteiger partial charge in [-0.2, -0.15) is 0 Å². The number of nitrogens with zero attached hydrogens (tertiary/aromatic N) is 2. The van der Waals surface area contributed by atoms with Gasteiger partial charge in [0.15, 0.2) is 0 Å². The minimum Gasteiger partial charge on any atom is -0.350 e. The van der Waals surface area contributed by atoms with Crippen LogP contribution in [0, 0.1) is 0 Å². The van der Waals surface area contributed by atoms with Crippen molar-refractivity contribution in [2.75, 3.05) is 17.1 Å². The number of rotatable bonds is 9. The van der Waals surface area contributed by atoms with Crippen LogP contribution in [0.3, 0.4) is 0 Å². The van der Waals surface area contributed by atoms with E-state index >= 15 is 0 Å². The lowest BCUT2D eigenvalue weighted by molar-refractivity contribution is -0.141. The molecule has 0 heterocycles. The smallest absolute Gasteiger partial charge is 0.244 e. The molecule has 0 aromatic heterocycles. The van der Waals surface area contributed by atoms with Gasteiger partial charge in [-0.3, -0.25) is 13.9 Å². The van der Waals surface area contributed by atoms with Gasteiger partial charge in [0, 0.05) is 17.1 Å². The molecule has 192 valence electrons. The van der Waals surface area contributed by atoms with Crippen molar-refractivity contribution >= 4 is 62.3 Å². The Morgan fingerprint density at radius 2 is 1.60 bits per heavy atom. The Bertz CT molecular complexity index is 1180. The van der Waals surface area contributed by atoms with Crippen LogP contribution in [0.2, 0.25) is 15.1 Å². The molecule has 1 atom stereocenters. The maximum Gasteiger partial charge on any atom is 0.244 e. The van der Waals surface area contributed by atoms with Crippen molar-refractivity contribution in [3.8, 4) is 0 Å². The van der Waals surface area contributed by atoms with E-state index in [0.29, 0.717) is 17.0 Å². The largest absolute Gasteiger partial charge is 0.350 e. The molecule has 0 saturated carbocycles. The number of nitrogens with one attached hydrogen (secondary N) is 1. The lowest BCUT2D eigenvalue weighted by Crippen LogP contribution is -2.55. The first kappa shape index (κ1) is 29.2. The van der Waals surface area contributed by atoms with E-state index in [2.05, 4.69) is 5.32 Å². The predicted octanol–water partition coefficient (Wildman–Crippen LogP) is 5.13. The summed E-state index contributed by atoms with van der Waals surface area (Å²) in [5.41, 5.74) is 0.160. The first-order chi connectivity index (χ1) is 16.2. The van der Waals surface area contributed by atoms with Gasteiger partial charge in [0.2, 0.25) is 21.8 Å². The van der Waals surface area contributed by atoms with E-state index in [9.17, 15) is 18.0 Å². The Labute approximate surface area is 222 Å². The Hall–Kier alpha value is -2.00. The number of hydrogen-bond donors (Lipinski definition) is 1. The molecule has 0 fully saturated rings. The van der Waals surface area contributed by atoms with Crippen molar-refractivity contribution in [1.29, 1.82) is 0 Å². The second kappa shape index (κ2) is 11.8. The number of anilines is 1. The normalized spacial score (nSPS) is 12.7. The van der Waals surface area contributed by atoms with Crippen molar-refractivity contribution in [2.24, 2.45) is 0 Å². The van der Waals surface area contributed by atoms with Crippen LogP contribution in [-0.2, 0) is 26.2 Å². The van der Waals surface area contributed by atoms with Gasteiger partial charge in [-0.1, -0.05) is 66.0 Å². The number of hydrogen-bond acceptors (Lipinski definition) is 4. The summed E-state index contributed by atoms with van der Waals surface area (Å²) in [5, 5.41) is 3.48. The van der Waals surface area contributed by atoms with Gasteiger partial charge in [-0.15, -0.1) is 0 Å². The molecule has 2 rings (SSSR count). The summed E-state index contributed by atoms with van der Waals surface area (Å²) in [4.78, 5) is 28.2. The highest BCUT2D eigenvalue weighted by Crippen LogP contribution is 2.34. The van der Waals surface area contributed by atoms with Gasteiger partial charge in [-0.05, 0) is 51.0 Å². The van der Waals surface area contributed by atoms with Gasteiger partial charge in [0.25, 0.3) is 0 Å². The van der Waals surface area contributed by atoms with Crippen molar-refractivity contribution in [2.45, 2.75) is 52.2 Å². The first-order valence-electron chi connectivity index (χ1n) is 10.9. The lowest BCUT2D eigenvalue weighted by atomic mass is 10.1. The third-order valence-electron chi connectivity index (χ3n) is 5.06. The van der Waals surface area contributed by atoms with E-state index in [1.165, 1.54) is 17.0 Å². The van der Waals surface area contributed by atoms with Gasteiger partial charge in [0.05, 0.1) is 22.0 Å². The van der Waals surface area contributed by atoms with Crippen LogP contribution in [-0.4, -0.2) is 49.5 Å². The number of sulfonamides is 1. The standard InChI is InChI=1S/C24H30Cl3N3O4S/c1-6-19(23(32)28-24(2,3)4)29(14-16-10-7-8-11-17(16)25)21(31)15-30(35(5,33)34)20-13-9-12-18(26)22(20)27/h7-13,19H,6,14-15H2,1-5H3,(H,28,32)/t19-/m1/s1. The summed E-state index contributed by atoms with van der Waals surface area (Å²) in [7, 11) is -3.93. The molecular weight excluding hydrogens is 533 g/mol. The van der Waals surface area contributed by atoms with Crippen LogP contribution in [0.15, 0.2) is 42.5 Å². The maximum atomic E-state index is 13.7. The van der Waals surface area contributed by atoms with Crippen molar-refractivity contribution in [3.63, 3.8) is 0 Å². The van der Waals surface area contributed by atoms with Crippen LogP contribution < -0.4 is 9.62 Å². The SMILES string of the molecule is CC[C@H](C(=O)NC(C)(C)C)N(Cc1ccccc1Cl)C(=O)CN(c1cccc(Cl)c1Cl)S(C)(=O)=O. The minimum atomic E-state index is -3.93. The average Bonchev–Trinajstić information content (AvgIpc) is 2.73. The third kappa shape index (κ3) is 8.00. The molecule has 35 heavy (non-hydrogen) atoms. The van der Waals surface area contributed by atoms with E-state index in [1.54, 1.807) is 37.3 Å². The molecule has 0 spiro atoms. The molecule has 0 radical (unpaired) electrons. The highest BCUT2D eigenvalue weighted by atomic mass is 35.5. The van der Waals surface area contributed by atoms with Gasteiger partial charge < -0.3 is 10.2 Å². The van der Waals surface area contributed by atoms with Crippen molar-refractivity contribution in [3.05, 3.63) is 63.1 Å². The van der Waals surface area contributed by atoms with E-state index in [1.807, 2.05) is 20.8 Å². The molecule has 7 nitrogen and oxygen atoms in total. The topological polar surface area (TPSA) is 86.8 Å². The van der Waals surface area contributed by atoms with Crippen LogP contribution in [0.25, 0.3) is 0 Å². The summed E-state index contributed by atoms with van der Waals surface area (Å²) in [5.74, 6) is -0.950. The highest BCUT2D eigenvalue weighted by molar-refractivity contribution is 7.92. The van der Waals surface area contributed by atoms with Crippen LogP contribution in [0.5, 0.6) is 0 Å². The first-order valence-corrected chi connectivity index (χ1v) is 13.9. The molecule has 0 saturated heterocycles. The second-order valence-corrected chi connectivity index (χ2v) is 12.2. The number of carbonyl (C=O) groups excluding carboxylic acids is 2. The van der Waals surface area contributed by atoms with Crippen LogP contribution in [0.1, 0.15) is 39.7 Å². The zero-order chi connectivity index (χ0) is 26.6. The van der Waals surface area contributed by atoms with Gasteiger partial charge >= 0.3 is 0 Å². The fourth-order valence-electron chi connectivity index (χ4n) is 3.46. The van der Waals surface area contributed by atoms with E-state index < -0.39 is 34.1 Å². The molecule has 2 aromatic rings. The molecule has 11 heteroatoms. The van der Waals surface area contributed by atoms with E-state index in [-0.39, 0.29) is 28.2 Å². The summed E-state index contributed by atoms with van der Waals surface area (Å²) >= 11 is 18.7. The Balaban J connectivity index is 2.52. The fraction of sp³-hybridized carbons (Fsp3) is 0.417. The molecule has 0 unspecified atom stereocenters. The summed E-state index contributed by atoms with van der Waals surface area (Å²) in [6, 6.07) is 10.6. The maximum absolute atomic E-state index is 13.7. The fourth-order valence-corrected chi connectivity index (χ4v) is 4.96. The van der Waals surface area contributed by atoms with Crippen molar-refractivity contribution in [1.82, 2.24) is 10.2 Å². The zero-order valence-electron chi connectivity index (χ0n) is 20.3. The molecule has 2 aromatic carbocycles. The Morgan fingerprint density at radius 3 is 2.14 bits per heavy atom. The summed E-state index contributed by atoms with van der Waals surface area (Å²) < 4.78 is 26.2. The number of carbonyl (C=O) groups is 2. The van der Waals surface area contributed by atoms with E-state index in [0.717, 1.165) is 10.6 Å². The summed E-state index contributed by atoms with van der Waals surface area (Å²) in [6.45, 7) is 6.72. The molecular formula is C24H30Cl3N3O4S. The second-order valence-electron chi connectivity index (χ2n) is 9.12. The van der Waals surface area contributed by atoms with E-state index in [4.69, 9.17) is 34.8 Å². The summed E-state index contributed by atoms with van der Waals surface area (Å²) in [6.07, 6.45) is 1.27. The molecule has 0 aliphatic carbocycles. The lowest BCUT2D eigenvalue weighted by Gasteiger charge is -2.34. The molecule has 2 amide bonds. The van der Waals surface area contributed by atoms with Gasteiger partial charge in [-0.25, -0.2) is 8.42 Å². The highest BCUT2D eigenvalue weighted by Gasteiger charge is 2.33. The third-order valence-corrected chi connectivity index (χ3v) is 7.37. The number of halogens is 3. The number of amides is 2. The molecule has 0 aliphatic heterocycles. The van der Waals surface area contributed by atoms with Crippen LogP contribution >= 0.6 is 34.8 Å². The van der Waals surface area contributed by atoms with Crippen LogP contribution in [0.4, 0.5) is 5.69 Å². The Morgan fingerprint density at radius 1 is 1.00 bits per heavy atom. The quantitative estimate of drug-likeness (QED) is 0.459. The predicted molar refractivity (Wildman–Crippen MR) is 143 cm³/mol. The number of benzene rings is 2.